The molecule has 2 heterocycles. The van der Waals surface area contributed by atoms with Crippen molar-refractivity contribution >= 4 is 85.8 Å². The zero-order chi connectivity index (χ0) is 25.8. The Morgan fingerprint density at radius 2 is 1.16 bits per heavy atom. The number of unbranched alkanes of at least 4 members (excludes halogenated alkanes) is 6. The van der Waals surface area contributed by atoms with E-state index in [9.17, 15) is 4.79 Å². The molecular formula is C31H35BrN2OS2. The summed E-state index contributed by atoms with van der Waals surface area (Å²) in [5, 5.41) is 0. The third-order valence-corrected chi connectivity index (χ3v) is 9.84. The maximum absolute atomic E-state index is 11.5. The van der Waals surface area contributed by atoms with Gasteiger partial charge in [0.2, 0.25) is 0 Å². The largest absolute Gasteiger partial charge is 0.339 e. The molecule has 5 aromatic rings. The number of benzene rings is 3. The van der Waals surface area contributed by atoms with Gasteiger partial charge in [0.15, 0.2) is 0 Å². The summed E-state index contributed by atoms with van der Waals surface area (Å²) >= 11 is 7.39. The van der Waals surface area contributed by atoms with Gasteiger partial charge in [-0.05, 0) is 61.4 Å². The van der Waals surface area contributed by atoms with Crippen LogP contribution in [0, 0.1) is 0 Å². The second-order valence-corrected chi connectivity index (χ2v) is 13.0. The molecule has 0 fully saturated rings. The Balaban J connectivity index is 1.75. The summed E-state index contributed by atoms with van der Waals surface area (Å²) in [5.41, 5.74) is 5.87. The molecule has 2 aromatic heterocycles. The van der Waals surface area contributed by atoms with E-state index >= 15 is 0 Å². The lowest BCUT2D eigenvalue weighted by Crippen LogP contribution is -2.05. The lowest BCUT2D eigenvalue weighted by Gasteiger charge is -2.19. The molecular weight excluding hydrogens is 560 g/mol. The van der Waals surface area contributed by atoms with Crippen LogP contribution in [-0.4, -0.2) is 15.4 Å². The number of rotatable bonds is 11. The molecule has 0 saturated carbocycles. The van der Waals surface area contributed by atoms with Crippen molar-refractivity contribution in [3.05, 3.63) is 58.6 Å². The van der Waals surface area contributed by atoms with Gasteiger partial charge in [-0.25, -0.2) is 0 Å². The van der Waals surface area contributed by atoms with Crippen LogP contribution in [0.4, 0.5) is 0 Å². The standard InChI is InChI=1S/C31H35BrN2OS2/c1-3-5-7-9-15-33-24-13-11-22(21-35)17-28(24)36-30-19-27-31(20-26(30)33)37-29-18-23(32)12-14-25(29)34(27)16-10-8-6-4-2/h11-14,17-21H,3-10,15-16H2,1-2H3. The molecule has 194 valence electrons. The maximum atomic E-state index is 11.5. The molecule has 6 heteroatoms. The van der Waals surface area contributed by atoms with Gasteiger partial charge in [-0.3, -0.25) is 4.79 Å². The number of nitrogens with zero attached hydrogens (tertiary/aromatic N) is 2. The highest BCUT2D eigenvalue weighted by Crippen LogP contribution is 2.37. The number of hydrogen-bond acceptors (Lipinski definition) is 3. The molecule has 0 N–H and O–H groups in total. The van der Waals surface area contributed by atoms with E-state index in [0.29, 0.717) is 0 Å². The number of aromatic nitrogens is 2. The van der Waals surface area contributed by atoms with Crippen LogP contribution in [0.3, 0.4) is 0 Å². The van der Waals surface area contributed by atoms with E-state index in [0.717, 1.165) is 35.8 Å². The first-order valence-electron chi connectivity index (χ1n) is 13.6. The minimum atomic E-state index is 0.742. The van der Waals surface area contributed by atoms with Gasteiger partial charge < -0.3 is 9.13 Å². The van der Waals surface area contributed by atoms with Gasteiger partial charge in [0, 0.05) is 23.1 Å². The number of carbonyl (C=O) groups is 1. The number of aryl methyl sites for hydroxylation is 2. The van der Waals surface area contributed by atoms with E-state index in [1.807, 2.05) is 17.4 Å². The van der Waals surface area contributed by atoms with Crippen LogP contribution in [0.25, 0.3) is 40.9 Å². The number of hydrogen-bond donors (Lipinski definition) is 0. The fourth-order valence-corrected chi connectivity index (χ4v) is 8.02. The van der Waals surface area contributed by atoms with Crippen LogP contribution < -0.4 is 0 Å². The van der Waals surface area contributed by atoms with E-state index in [2.05, 4.69) is 81.4 Å². The lowest BCUT2D eigenvalue weighted by atomic mass is 10.2. The Morgan fingerprint density at radius 3 is 1.70 bits per heavy atom. The van der Waals surface area contributed by atoms with E-state index in [1.165, 1.54) is 85.8 Å². The topological polar surface area (TPSA) is 26.9 Å². The fourth-order valence-electron chi connectivity index (χ4n) is 5.20. The predicted molar refractivity (Wildman–Crippen MR) is 167 cm³/mol. The molecule has 0 atom stereocenters. The van der Waals surface area contributed by atoms with Crippen molar-refractivity contribution in [3.8, 4) is 0 Å². The summed E-state index contributed by atoms with van der Waals surface area (Å²) in [6.45, 7) is 6.55. The molecule has 0 aliphatic heterocycles. The van der Waals surface area contributed by atoms with Gasteiger partial charge in [0.05, 0.1) is 40.9 Å². The van der Waals surface area contributed by atoms with Crippen LogP contribution in [-0.2, 0) is 13.1 Å². The molecule has 3 nitrogen and oxygen atoms in total. The molecule has 0 saturated heterocycles. The summed E-state index contributed by atoms with van der Waals surface area (Å²) in [5.74, 6) is 0. The molecule has 0 radical (unpaired) electrons. The van der Waals surface area contributed by atoms with Crippen LogP contribution in [0.2, 0.25) is 0 Å². The molecule has 37 heavy (non-hydrogen) atoms. The maximum Gasteiger partial charge on any atom is 0.150 e. The number of fused-ring (bicyclic) bond motifs is 4. The minimum Gasteiger partial charge on any atom is -0.339 e. The Labute approximate surface area is 235 Å². The Kier molecular flexibility index (Phi) is 8.68. The lowest BCUT2D eigenvalue weighted by molar-refractivity contribution is 0.112. The normalized spacial score (nSPS) is 11.8. The average molecular weight is 596 g/mol. The van der Waals surface area contributed by atoms with Crippen LogP contribution in [0.15, 0.2) is 53.0 Å². The third-order valence-electron chi connectivity index (χ3n) is 7.16. The quantitative estimate of drug-likeness (QED) is 0.0848. The van der Waals surface area contributed by atoms with Gasteiger partial charge in [-0.2, -0.15) is 0 Å². The highest BCUT2D eigenvalue weighted by molar-refractivity contribution is 9.10. The van der Waals surface area contributed by atoms with E-state index < -0.39 is 0 Å². The van der Waals surface area contributed by atoms with Crippen molar-refractivity contribution < 1.29 is 4.79 Å². The van der Waals surface area contributed by atoms with Crippen molar-refractivity contribution in [2.45, 2.75) is 78.3 Å². The monoisotopic (exact) mass is 594 g/mol. The van der Waals surface area contributed by atoms with Gasteiger partial charge in [-0.15, -0.1) is 22.7 Å². The number of carbonyl (C=O) groups excluding carboxylic acids is 1. The molecule has 0 unspecified atom stereocenters. The van der Waals surface area contributed by atoms with Crippen molar-refractivity contribution in [1.82, 2.24) is 9.13 Å². The first-order valence-corrected chi connectivity index (χ1v) is 16.0. The average Bonchev–Trinajstić information content (AvgIpc) is 2.91. The number of aldehydes is 1. The summed E-state index contributed by atoms with van der Waals surface area (Å²) in [7, 11) is 0. The van der Waals surface area contributed by atoms with Crippen molar-refractivity contribution in [2.24, 2.45) is 0 Å². The first-order chi connectivity index (χ1) is 18.1. The van der Waals surface area contributed by atoms with E-state index in [1.54, 1.807) is 11.3 Å². The second kappa shape index (κ2) is 12.1. The number of halogens is 1. The highest BCUT2D eigenvalue weighted by Gasteiger charge is 2.13. The molecule has 3 aromatic carbocycles. The van der Waals surface area contributed by atoms with Crippen LogP contribution >= 0.6 is 38.6 Å². The molecule has 5 rings (SSSR count). The van der Waals surface area contributed by atoms with Crippen LogP contribution in [0.5, 0.6) is 0 Å². The second-order valence-electron chi connectivity index (χ2n) is 9.87. The van der Waals surface area contributed by atoms with Gasteiger partial charge in [0.1, 0.15) is 6.29 Å². The van der Waals surface area contributed by atoms with Crippen molar-refractivity contribution in [1.29, 1.82) is 0 Å². The smallest absolute Gasteiger partial charge is 0.150 e. The zero-order valence-corrected chi connectivity index (χ0v) is 25.0. The summed E-state index contributed by atoms with van der Waals surface area (Å²) in [6.07, 6.45) is 10.8. The molecule has 0 spiro atoms. The van der Waals surface area contributed by atoms with Gasteiger partial charge >= 0.3 is 0 Å². The van der Waals surface area contributed by atoms with Crippen molar-refractivity contribution in [3.63, 3.8) is 0 Å². The Hall–Kier alpha value is -2.15. The Bertz CT molecular complexity index is 1600. The van der Waals surface area contributed by atoms with Gasteiger partial charge in [-0.1, -0.05) is 68.3 Å². The highest BCUT2D eigenvalue weighted by atomic mass is 79.9. The zero-order valence-electron chi connectivity index (χ0n) is 21.8. The third kappa shape index (κ3) is 5.67. The Morgan fingerprint density at radius 1 is 0.649 bits per heavy atom. The SMILES string of the molecule is CCCCCCn1c2ccc(Br)cc2sc2cc3c(cc21)sc1cc(C=O)ccc1n3CCCCCC. The van der Waals surface area contributed by atoms with Gasteiger partial charge in [0.25, 0.3) is 0 Å². The fraction of sp³-hybridized carbons (Fsp3) is 0.387. The molecule has 0 aliphatic carbocycles. The van der Waals surface area contributed by atoms with E-state index in [4.69, 9.17) is 0 Å². The summed E-state index contributed by atoms with van der Waals surface area (Å²) in [4.78, 5) is 11.5. The van der Waals surface area contributed by atoms with E-state index in [-0.39, 0.29) is 0 Å². The predicted octanol–water partition coefficient (Wildman–Crippen LogP) is 10.9. The van der Waals surface area contributed by atoms with Crippen molar-refractivity contribution in [2.75, 3.05) is 0 Å². The first kappa shape index (κ1) is 26.5. The summed E-state index contributed by atoms with van der Waals surface area (Å²) in [6, 6.07) is 17.6. The summed E-state index contributed by atoms with van der Waals surface area (Å²) < 4.78 is 11.2. The van der Waals surface area contributed by atoms with Crippen LogP contribution in [0.1, 0.15) is 75.6 Å². The molecule has 0 bridgehead atoms. The molecule has 0 aliphatic rings. The molecule has 0 amide bonds. The minimum absolute atomic E-state index is 0.742.